The molecule has 2 aliphatic rings. The SMILES string of the molecule is CO[C@H](CO)[C@H]1OC2(C(=O)O)C[C@H](O)[C@@H](NC(=O)CO)[C@H]1O2. The van der Waals surface area contributed by atoms with E-state index in [4.69, 9.17) is 19.3 Å². The minimum absolute atomic E-state index is 0.409. The zero-order valence-corrected chi connectivity index (χ0v) is 11.8. The van der Waals surface area contributed by atoms with Crippen molar-refractivity contribution in [1.29, 1.82) is 0 Å². The first-order chi connectivity index (χ1) is 10.4. The molecule has 10 nitrogen and oxygen atoms in total. The predicted molar refractivity (Wildman–Crippen MR) is 67.6 cm³/mol. The van der Waals surface area contributed by atoms with Gasteiger partial charge in [0.2, 0.25) is 5.91 Å². The molecule has 0 aliphatic carbocycles. The number of hydrogen-bond donors (Lipinski definition) is 5. The van der Waals surface area contributed by atoms with Gasteiger partial charge in [0.25, 0.3) is 5.79 Å². The first kappa shape index (κ1) is 17.1. The monoisotopic (exact) mass is 321 g/mol. The number of carbonyl (C=O) groups excluding carboxylic acids is 1. The van der Waals surface area contributed by atoms with Crippen molar-refractivity contribution < 1.29 is 44.2 Å². The number of amides is 1. The summed E-state index contributed by atoms with van der Waals surface area (Å²) >= 11 is 0. The smallest absolute Gasteiger partial charge is 0.364 e. The fourth-order valence-corrected chi connectivity index (χ4v) is 2.79. The van der Waals surface area contributed by atoms with Crippen LogP contribution in [0, 0.1) is 0 Å². The highest BCUT2D eigenvalue weighted by Crippen LogP contribution is 2.42. The molecule has 0 radical (unpaired) electrons. The summed E-state index contributed by atoms with van der Waals surface area (Å²) in [4.78, 5) is 22.8. The standard InChI is InChI=1S/C12H19NO9/c1-20-6(3-14)9-10-8(13-7(17)4-15)5(16)2-12(21-9,22-10)11(18)19/h5-6,8-10,14-16H,2-4H2,1H3,(H,13,17)(H,18,19)/t5-,6+,8+,9+,10+,12?/m0/s1. The van der Waals surface area contributed by atoms with Gasteiger partial charge in [-0.15, -0.1) is 0 Å². The number of ether oxygens (including phenoxy) is 3. The molecule has 0 aromatic heterocycles. The number of aliphatic carboxylic acids is 1. The highest BCUT2D eigenvalue weighted by molar-refractivity contribution is 5.78. The lowest BCUT2D eigenvalue weighted by molar-refractivity contribution is -0.234. The molecule has 0 saturated carbocycles. The van der Waals surface area contributed by atoms with Gasteiger partial charge < -0.3 is 40.0 Å². The van der Waals surface area contributed by atoms with Crippen LogP contribution in [0.4, 0.5) is 0 Å². The topological polar surface area (TPSA) is 155 Å². The Hall–Kier alpha value is -1.30. The molecule has 2 saturated heterocycles. The van der Waals surface area contributed by atoms with Crippen LogP contribution in [0.1, 0.15) is 6.42 Å². The maximum Gasteiger partial charge on any atom is 0.364 e. The van der Waals surface area contributed by atoms with Crippen LogP contribution in [0.15, 0.2) is 0 Å². The first-order valence-corrected chi connectivity index (χ1v) is 6.69. The van der Waals surface area contributed by atoms with Crippen molar-refractivity contribution in [2.75, 3.05) is 20.3 Å². The molecule has 1 amide bonds. The summed E-state index contributed by atoms with van der Waals surface area (Å²) < 4.78 is 15.9. The quantitative estimate of drug-likeness (QED) is 0.340. The molecule has 0 spiro atoms. The second-order valence-electron chi connectivity index (χ2n) is 5.20. The van der Waals surface area contributed by atoms with E-state index in [2.05, 4.69) is 5.32 Å². The molecule has 6 atom stereocenters. The van der Waals surface area contributed by atoms with Gasteiger partial charge >= 0.3 is 5.97 Å². The van der Waals surface area contributed by atoms with Gasteiger partial charge in [0.05, 0.1) is 18.8 Å². The molecule has 1 unspecified atom stereocenters. The number of aliphatic hydroxyl groups is 3. The van der Waals surface area contributed by atoms with Crippen LogP contribution in [0.5, 0.6) is 0 Å². The molecular weight excluding hydrogens is 302 g/mol. The van der Waals surface area contributed by atoms with E-state index in [1.54, 1.807) is 0 Å². The molecule has 2 bridgehead atoms. The van der Waals surface area contributed by atoms with Gasteiger partial charge in [-0.1, -0.05) is 0 Å². The van der Waals surface area contributed by atoms with Crippen LogP contribution in [-0.2, 0) is 23.8 Å². The fourth-order valence-electron chi connectivity index (χ4n) is 2.79. The van der Waals surface area contributed by atoms with Crippen LogP contribution in [0.25, 0.3) is 0 Å². The van der Waals surface area contributed by atoms with Crippen LogP contribution in [0.3, 0.4) is 0 Å². The Bertz CT molecular complexity index is 440. The summed E-state index contributed by atoms with van der Waals surface area (Å²) in [6.07, 6.45) is -4.62. The van der Waals surface area contributed by atoms with E-state index >= 15 is 0 Å². The summed E-state index contributed by atoms with van der Waals surface area (Å²) in [7, 11) is 1.30. The van der Waals surface area contributed by atoms with Crippen molar-refractivity contribution in [1.82, 2.24) is 5.32 Å². The summed E-state index contributed by atoms with van der Waals surface area (Å²) in [5.41, 5.74) is 0. The third-order valence-electron chi connectivity index (χ3n) is 3.87. The van der Waals surface area contributed by atoms with Gasteiger partial charge in [-0.2, -0.15) is 0 Å². The van der Waals surface area contributed by atoms with Crippen LogP contribution in [0.2, 0.25) is 0 Å². The Morgan fingerprint density at radius 1 is 1.41 bits per heavy atom. The maximum absolute atomic E-state index is 11.4. The average molecular weight is 321 g/mol. The molecule has 5 N–H and O–H groups in total. The minimum atomic E-state index is -2.05. The van der Waals surface area contributed by atoms with E-state index in [1.165, 1.54) is 7.11 Å². The Balaban J connectivity index is 2.30. The number of hydrogen-bond acceptors (Lipinski definition) is 8. The molecule has 126 valence electrons. The summed E-state index contributed by atoms with van der Waals surface area (Å²) in [6.45, 7) is -1.26. The molecular formula is C12H19NO9. The third-order valence-corrected chi connectivity index (χ3v) is 3.87. The molecule has 0 aromatic carbocycles. The van der Waals surface area contributed by atoms with E-state index in [-0.39, 0.29) is 0 Å². The number of fused-ring (bicyclic) bond motifs is 2. The lowest BCUT2D eigenvalue weighted by Crippen LogP contribution is -2.61. The number of carbonyl (C=O) groups is 2. The average Bonchev–Trinajstić information content (AvgIpc) is 2.81. The van der Waals surface area contributed by atoms with Crippen molar-refractivity contribution in [2.24, 2.45) is 0 Å². The number of rotatable bonds is 6. The summed E-state index contributed by atoms with van der Waals surface area (Å²) in [5, 5.41) is 39.9. The molecule has 2 rings (SSSR count). The third kappa shape index (κ3) is 2.81. The number of aliphatic hydroxyl groups excluding tert-OH is 3. The van der Waals surface area contributed by atoms with Gasteiger partial charge in [-0.3, -0.25) is 4.79 Å². The number of nitrogens with one attached hydrogen (secondary N) is 1. The molecule has 2 fully saturated rings. The van der Waals surface area contributed by atoms with Crippen molar-refractivity contribution in [2.45, 2.75) is 42.7 Å². The van der Waals surface area contributed by atoms with E-state index < -0.39 is 67.8 Å². The lowest BCUT2D eigenvalue weighted by atomic mass is 9.92. The van der Waals surface area contributed by atoms with Crippen LogP contribution >= 0.6 is 0 Å². The molecule has 2 aliphatic heterocycles. The van der Waals surface area contributed by atoms with Gasteiger partial charge in [0.15, 0.2) is 0 Å². The summed E-state index contributed by atoms with van der Waals surface area (Å²) in [5.74, 6) is -4.22. The lowest BCUT2D eigenvalue weighted by Gasteiger charge is -2.37. The van der Waals surface area contributed by atoms with Crippen LogP contribution < -0.4 is 5.32 Å². The largest absolute Gasteiger partial charge is 0.477 e. The van der Waals surface area contributed by atoms with E-state index in [0.29, 0.717) is 0 Å². The normalized spacial score (nSPS) is 38.5. The van der Waals surface area contributed by atoms with E-state index in [1.807, 2.05) is 0 Å². The second-order valence-corrected chi connectivity index (χ2v) is 5.20. The Morgan fingerprint density at radius 2 is 2.09 bits per heavy atom. The molecule has 2 heterocycles. The molecule has 10 heteroatoms. The number of carboxylic acid groups (broad SMARTS) is 1. The van der Waals surface area contributed by atoms with Crippen molar-refractivity contribution in [3.8, 4) is 0 Å². The Morgan fingerprint density at radius 3 is 2.59 bits per heavy atom. The maximum atomic E-state index is 11.4. The second kappa shape index (κ2) is 6.44. The number of methoxy groups -OCH3 is 1. The minimum Gasteiger partial charge on any atom is -0.477 e. The highest BCUT2D eigenvalue weighted by Gasteiger charge is 2.63. The zero-order valence-electron chi connectivity index (χ0n) is 11.8. The Kier molecular flexibility index (Phi) is 5.00. The van der Waals surface area contributed by atoms with Crippen LogP contribution in [-0.4, -0.2) is 88.9 Å². The van der Waals surface area contributed by atoms with E-state index in [0.717, 1.165) is 0 Å². The zero-order chi connectivity index (χ0) is 16.5. The van der Waals surface area contributed by atoms with E-state index in [9.17, 15) is 24.9 Å². The van der Waals surface area contributed by atoms with Crippen molar-refractivity contribution in [3.63, 3.8) is 0 Å². The predicted octanol–water partition coefficient (Wildman–Crippen LogP) is -3.20. The van der Waals surface area contributed by atoms with Gasteiger partial charge in [-0.05, 0) is 0 Å². The van der Waals surface area contributed by atoms with Gasteiger partial charge in [-0.25, -0.2) is 4.79 Å². The molecule has 22 heavy (non-hydrogen) atoms. The first-order valence-electron chi connectivity index (χ1n) is 6.69. The van der Waals surface area contributed by atoms with Gasteiger partial charge in [0, 0.05) is 13.5 Å². The Labute approximate surface area is 125 Å². The van der Waals surface area contributed by atoms with Crippen molar-refractivity contribution in [3.05, 3.63) is 0 Å². The fraction of sp³-hybridized carbons (Fsp3) is 0.833. The summed E-state index contributed by atoms with van der Waals surface area (Å²) in [6, 6.07) is -0.996. The number of carboxylic acids is 1. The molecule has 0 aromatic rings. The highest BCUT2D eigenvalue weighted by atomic mass is 16.8. The van der Waals surface area contributed by atoms with Crippen molar-refractivity contribution >= 4 is 11.9 Å². The van der Waals surface area contributed by atoms with Gasteiger partial charge in [0.1, 0.15) is 24.9 Å².